The van der Waals surface area contributed by atoms with Gasteiger partial charge >= 0.3 is 6.18 Å². The summed E-state index contributed by atoms with van der Waals surface area (Å²) in [5.74, 6) is -0.108. The first-order valence-corrected chi connectivity index (χ1v) is 4.82. The molecular weight excluding hydrogens is 205 g/mol. The van der Waals surface area contributed by atoms with Gasteiger partial charge in [-0.3, -0.25) is 4.98 Å². The van der Waals surface area contributed by atoms with Crippen LogP contribution in [0.2, 0.25) is 0 Å². The van der Waals surface area contributed by atoms with E-state index in [9.17, 15) is 13.2 Å². The van der Waals surface area contributed by atoms with Gasteiger partial charge < -0.3 is 5.32 Å². The first kappa shape index (κ1) is 10.4. The standard InChI is InChI=1S/C10H11F3N2/c11-10(12,13)8-2-1-4-15-9(8)7-3-5-14-6-7/h1-2,4,7,14H,3,5-6H2/t7-/m0/s1. The number of halogens is 3. The van der Waals surface area contributed by atoms with Crippen LogP contribution in [0.5, 0.6) is 0 Å². The summed E-state index contributed by atoms with van der Waals surface area (Å²) in [6.45, 7) is 1.35. The summed E-state index contributed by atoms with van der Waals surface area (Å²) in [5, 5.41) is 3.04. The minimum absolute atomic E-state index is 0.108. The average Bonchev–Trinajstić information content (AvgIpc) is 2.69. The van der Waals surface area contributed by atoms with Crippen LogP contribution in [-0.2, 0) is 6.18 Å². The molecule has 1 atom stereocenters. The molecule has 1 aromatic rings. The van der Waals surface area contributed by atoms with Crippen LogP contribution in [0.3, 0.4) is 0 Å². The lowest BCUT2D eigenvalue weighted by atomic mass is 9.99. The van der Waals surface area contributed by atoms with E-state index in [1.807, 2.05) is 0 Å². The Hall–Kier alpha value is -1.10. The van der Waals surface area contributed by atoms with Crippen molar-refractivity contribution in [3.63, 3.8) is 0 Å². The molecule has 82 valence electrons. The van der Waals surface area contributed by atoms with E-state index in [0.29, 0.717) is 6.54 Å². The highest BCUT2D eigenvalue weighted by Crippen LogP contribution is 2.35. The van der Waals surface area contributed by atoms with Gasteiger partial charge in [-0.05, 0) is 25.1 Å². The van der Waals surface area contributed by atoms with Gasteiger partial charge in [0.15, 0.2) is 0 Å². The molecule has 1 aromatic heterocycles. The lowest BCUT2D eigenvalue weighted by Crippen LogP contribution is -2.15. The van der Waals surface area contributed by atoms with Crippen molar-refractivity contribution in [1.29, 1.82) is 0 Å². The molecule has 1 aliphatic heterocycles. The molecule has 2 heterocycles. The fourth-order valence-electron chi connectivity index (χ4n) is 1.87. The number of alkyl halides is 3. The normalized spacial score (nSPS) is 21.9. The summed E-state index contributed by atoms with van der Waals surface area (Å²) in [6, 6.07) is 2.43. The highest BCUT2D eigenvalue weighted by atomic mass is 19.4. The number of rotatable bonds is 1. The van der Waals surface area contributed by atoms with Crippen LogP contribution in [0.1, 0.15) is 23.6 Å². The van der Waals surface area contributed by atoms with Gasteiger partial charge in [-0.15, -0.1) is 0 Å². The first-order valence-electron chi connectivity index (χ1n) is 4.82. The summed E-state index contributed by atoms with van der Waals surface area (Å²) in [5.41, 5.74) is -0.422. The highest BCUT2D eigenvalue weighted by molar-refractivity contribution is 5.27. The van der Waals surface area contributed by atoms with Crippen LogP contribution in [-0.4, -0.2) is 18.1 Å². The van der Waals surface area contributed by atoms with Crippen molar-refractivity contribution in [3.8, 4) is 0 Å². The molecule has 0 saturated carbocycles. The summed E-state index contributed by atoms with van der Waals surface area (Å²) >= 11 is 0. The molecule has 1 aliphatic rings. The van der Waals surface area contributed by atoms with Gasteiger partial charge in [0.1, 0.15) is 0 Å². The maximum Gasteiger partial charge on any atom is 0.418 e. The maximum absolute atomic E-state index is 12.6. The third-order valence-electron chi connectivity index (χ3n) is 2.59. The second-order valence-corrected chi connectivity index (χ2v) is 3.62. The van der Waals surface area contributed by atoms with Crippen LogP contribution in [0, 0.1) is 0 Å². The van der Waals surface area contributed by atoms with Crippen molar-refractivity contribution in [2.24, 2.45) is 0 Å². The fraction of sp³-hybridized carbons (Fsp3) is 0.500. The number of pyridine rings is 1. The van der Waals surface area contributed by atoms with Crippen LogP contribution < -0.4 is 5.32 Å². The Kier molecular flexibility index (Phi) is 2.65. The molecule has 0 bridgehead atoms. The summed E-state index contributed by atoms with van der Waals surface area (Å²) in [6.07, 6.45) is -2.16. The van der Waals surface area contributed by atoms with Crippen molar-refractivity contribution in [2.45, 2.75) is 18.5 Å². The Morgan fingerprint density at radius 3 is 2.80 bits per heavy atom. The van der Waals surface area contributed by atoms with Gasteiger partial charge in [0.25, 0.3) is 0 Å². The van der Waals surface area contributed by atoms with Gasteiger partial charge in [-0.1, -0.05) is 0 Å². The minimum atomic E-state index is -4.30. The van der Waals surface area contributed by atoms with E-state index < -0.39 is 11.7 Å². The Morgan fingerprint density at radius 2 is 2.20 bits per heavy atom. The van der Waals surface area contributed by atoms with Gasteiger partial charge in [-0.2, -0.15) is 13.2 Å². The fourth-order valence-corrected chi connectivity index (χ4v) is 1.87. The Labute approximate surface area is 85.5 Å². The van der Waals surface area contributed by atoms with Crippen molar-refractivity contribution in [2.75, 3.05) is 13.1 Å². The largest absolute Gasteiger partial charge is 0.418 e. The van der Waals surface area contributed by atoms with Crippen LogP contribution in [0.25, 0.3) is 0 Å². The number of aromatic nitrogens is 1. The van der Waals surface area contributed by atoms with E-state index in [1.165, 1.54) is 12.3 Å². The topological polar surface area (TPSA) is 24.9 Å². The zero-order valence-corrected chi connectivity index (χ0v) is 8.01. The molecule has 0 aromatic carbocycles. The molecule has 0 radical (unpaired) electrons. The molecule has 0 amide bonds. The molecule has 1 fully saturated rings. The summed E-state index contributed by atoms with van der Waals surface area (Å²) in [7, 11) is 0. The molecule has 2 rings (SSSR count). The molecule has 1 saturated heterocycles. The highest BCUT2D eigenvalue weighted by Gasteiger charge is 2.36. The predicted octanol–water partition coefficient (Wildman–Crippen LogP) is 2.18. The molecule has 15 heavy (non-hydrogen) atoms. The Balaban J connectivity index is 2.37. The smallest absolute Gasteiger partial charge is 0.316 e. The van der Waals surface area contributed by atoms with Gasteiger partial charge in [-0.25, -0.2) is 0 Å². The Bertz CT molecular complexity index is 343. The van der Waals surface area contributed by atoms with Crippen molar-refractivity contribution >= 4 is 0 Å². The molecule has 0 spiro atoms. The van der Waals surface area contributed by atoms with Crippen LogP contribution in [0.15, 0.2) is 18.3 Å². The molecular formula is C10H11F3N2. The van der Waals surface area contributed by atoms with E-state index in [2.05, 4.69) is 10.3 Å². The van der Waals surface area contributed by atoms with Gasteiger partial charge in [0.2, 0.25) is 0 Å². The number of hydrogen-bond acceptors (Lipinski definition) is 2. The van der Waals surface area contributed by atoms with E-state index in [0.717, 1.165) is 19.0 Å². The van der Waals surface area contributed by atoms with E-state index >= 15 is 0 Å². The molecule has 5 heteroatoms. The predicted molar refractivity (Wildman–Crippen MR) is 49.5 cm³/mol. The third kappa shape index (κ3) is 2.12. The Morgan fingerprint density at radius 1 is 1.40 bits per heavy atom. The molecule has 0 unspecified atom stereocenters. The molecule has 2 nitrogen and oxygen atoms in total. The molecule has 0 aliphatic carbocycles. The maximum atomic E-state index is 12.6. The SMILES string of the molecule is FC(F)(F)c1cccnc1[C@H]1CCNC1. The van der Waals surface area contributed by atoms with Crippen LogP contribution >= 0.6 is 0 Å². The second-order valence-electron chi connectivity index (χ2n) is 3.62. The summed E-state index contributed by atoms with van der Waals surface area (Å²) in [4.78, 5) is 3.87. The molecule has 1 N–H and O–H groups in total. The lowest BCUT2D eigenvalue weighted by molar-refractivity contribution is -0.138. The van der Waals surface area contributed by atoms with Crippen molar-refractivity contribution in [3.05, 3.63) is 29.6 Å². The first-order chi connectivity index (χ1) is 7.09. The third-order valence-corrected chi connectivity index (χ3v) is 2.59. The number of nitrogens with one attached hydrogen (secondary N) is 1. The zero-order chi connectivity index (χ0) is 10.9. The number of nitrogens with zero attached hydrogens (tertiary/aromatic N) is 1. The van der Waals surface area contributed by atoms with Crippen molar-refractivity contribution in [1.82, 2.24) is 10.3 Å². The average molecular weight is 216 g/mol. The van der Waals surface area contributed by atoms with E-state index in [4.69, 9.17) is 0 Å². The van der Waals surface area contributed by atoms with Crippen molar-refractivity contribution < 1.29 is 13.2 Å². The van der Waals surface area contributed by atoms with Crippen LogP contribution in [0.4, 0.5) is 13.2 Å². The lowest BCUT2D eigenvalue weighted by Gasteiger charge is -2.15. The zero-order valence-electron chi connectivity index (χ0n) is 8.01. The van der Waals surface area contributed by atoms with Gasteiger partial charge in [0, 0.05) is 18.7 Å². The number of hydrogen-bond donors (Lipinski definition) is 1. The quantitative estimate of drug-likeness (QED) is 0.778. The monoisotopic (exact) mass is 216 g/mol. The van der Waals surface area contributed by atoms with Gasteiger partial charge in [0.05, 0.1) is 11.3 Å². The van der Waals surface area contributed by atoms with E-state index in [1.54, 1.807) is 0 Å². The minimum Gasteiger partial charge on any atom is -0.316 e. The summed E-state index contributed by atoms with van der Waals surface area (Å²) < 4.78 is 37.9. The van der Waals surface area contributed by atoms with E-state index in [-0.39, 0.29) is 11.6 Å². The second kappa shape index (κ2) is 3.81.